The summed E-state index contributed by atoms with van der Waals surface area (Å²) in [5.74, 6) is -0.496. The van der Waals surface area contributed by atoms with Crippen molar-refractivity contribution < 1.29 is 15.0 Å². The molecule has 0 amide bonds. The fourth-order valence-electron chi connectivity index (χ4n) is 2.54. The van der Waals surface area contributed by atoms with E-state index < -0.39 is 11.4 Å². The smallest absolute Gasteiger partial charge is 0.186 e. The lowest BCUT2D eigenvalue weighted by Crippen LogP contribution is -2.36. The SMILES string of the molecule is C=CC(=O)C(C)(O)Cc1ccc(O)c(-n2nc3ccc(Cl)cc3n2)c1. The maximum absolute atomic E-state index is 11.7. The average molecular weight is 358 g/mol. The van der Waals surface area contributed by atoms with Crippen LogP contribution >= 0.6 is 11.6 Å². The van der Waals surface area contributed by atoms with Gasteiger partial charge in [0.05, 0.1) is 0 Å². The Morgan fingerprint density at radius 1 is 1.28 bits per heavy atom. The molecule has 0 bridgehead atoms. The van der Waals surface area contributed by atoms with Crippen molar-refractivity contribution in [2.45, 2.75) is 18.9 Å². The summed E-state index contributed by atoms with van der Waals surface area (Å²) in [6.45, 7) is 4.82. The van der Waals surface area contributed by atoms with E-state index in [0.717, 1.165) is 6.08 Å². The lowest BCUT2D eigenvalue weighted by molar-refractivity contribution is -0.130. The summed E-state index contributed by atoms with van der Waals surface area (Å²) in [6, 6.07) is 9.84. The third-order valence-electron chi connectivity index (χ3n) is 3.86. The number of ketones is 1. The maximum atomic E-state index is 11.7. The van der Waals surface area contributed by atoms with E-state index in [1.54, 1.807) is 30.3 Å². The van der Waals surface area contributed by atoms with Crippen molar-refractivity contribution in [2.75, 3.05) is 0 Å². The molecule has 0 radical (unpaired) electrons. The van der Waals surface area contributed by atoms with Crippen molar-refractivity contribution in [2.24, 2.45) is 0 Å². The third-order valence-corrected chi connectivity index (χ3v) is 4.10. The number of hydrogen-bond donors (Lipinski definition) is 2. The Morgan fingerprint density at radius 3 is 2.72 bits per heavy atom. The van der Waals surface area contributed by atoms with Gasteiger partial charge in [0.2, 0.25) is 0 Å². The molecule has 0 aliphatic heterocycles. The zero-order chi connectivity index (χ0) is 18.2. The first kappa shape index (κ1) is 17.1. The Hall–Kier alpha value is -2.70. The molecule has 0 fully saturated rings. The van der Waals surface area contributed by atoms with Crippen LogP contribution in [-0.4, -0.2) is 36.6 Å². The van der Waals surface area contributed by atoms with Gasteiger partial charge in [-0.15, -0.1) is 15.0 Å². The van der Waals surface area contributed by atoms with Crippen LogP contribution in [0.3, 0.4) is 0 Å². The van der Waals surface area contributed by atoms with Gasteiger partial charge in [0.25, 0.3) is 0 Å². The first-order chi connectivity index (χ1) is 11.8. The molecule has 128 valence electrons. The quantitative estimate of drug-likeness (QED) is 0.685. The Balaban J connectivity index is 2.01. The van der Waals surface area contributed by atoms with Gasteiger partial charge in [0.15, 0.2) is 5.78 Å². The zero-order valence-electron chi connectivity index (χ0n) is 13.5. The molecular formula is C18H16ClN3O3. The number of benzene rings is 2. The van der Waals surface area contributed by atoms with E-state index in [0.29, 0.717) is 27.3 Å². The molecule has 1 heterocycles. The summed E-state index contributed by atoms with van der Waals surface area (Å²) in [7, 11) is 0. The molecular weight excluding hydrogens is 342 g/mol. The summed E-state index contributed by atoms with van der Waals surface area (Å²) >= 11 is 5.95. The van der Waals surface area contributed by atoms with Crippen molar-refractivity contribution in [3.8, 4) is 11.4 Å². The van der Waals surface area contributed by atoms with Gasteiger partial charge >= 0.3 is 0 Å². The largest absolute Gasteiger partial charge is 0.506 e. The Bertz CT molecular complexity index is 979. The highest BCUT2D eigenvalue weighted by Crippen LogP contribution is 2.26. The number of nitrogens with zero attached hydrogens (tertiary/aromatic N) is 3. The minimum atomic E-state index is -1.58. The van der Waals surface area contributed by atoms with Crippen LogP contribution in [0.15, 0.2) is 49.1 Å². The molecule has 0 spiro atoms. The Labute approximate surface area is 149 Å². The molecule has 1 aromatic heterocycles. The number of aromatic nitrogens is 3. The van der Waals surface area contributed by atoms with Gasteiger partial charge in [-0.25, -0.2) is 0 Å². The van der Waals surface area contributed by atoms with Gasteiger partial charge in [-0.2, -0.15) is 0 Å². The third kappa shape index (κ3) is 3.40. The van der Waals surface area contributed by atoms with Crippen LogP contribution in [0.25, 0.3) is 16.7 Å². The van der Waals surface area contributed by atoms with Crippen LogP contribution in [0.1, 0.15) is 12.5 Å². The lowest BCUT2D eigenvalue weighted by Gasteiger charge is -2.20. The number of halogens is 1. The number of phenols is 1. The minimum Gasteiger partial charge on any atom is -0.506 e. The lowest BCUT2D eigenvalue weighted by atomic mass is 9.92. The first-order valence-electron chi connectivity index (χ1n) is 7.54. The monoisotopic (exact) mass is 357 g/mol. The highest BCUT2D eigenvalue weighted by atomic mass is 35.5. The van der Waals surface area contributed by atoms with Crippen LogP contribution in [0, 0.1) is 0 Å². The predicted molar refractivity (Wildman–Crippen MR) is 95.1 cm³/mol. The standard InChI is InChI=1S/C18H16ClN3O3/c1-3-17(24)18(2,25)10-11-4-7-16(23)15(8-11)22-20-13-6-5-12(19)9-14(13)21-22/h3-9,23,25H,1,10H2,2H3. The van der Waals surface area contributed by atoms with Gasteiger partial charge in [-0.1, -0.05) is 24.2 Å². The van der Waals surface area contributed by atoms with Crippen LogP contribution < -0.4 is 0 Å². The van der Waals surface area contributed by atoms with E-state index in [9.17, 15) is 15.0 Å². The summed E-state index contributed by atoms with van der Waals surface area (Å²) in [4.78, 5) is 13.0. The topological polar surface area (TPSA) is 88.2 Å². The number of aliphatic hydroxyl groups is 1. The molecule has 25 heavy (non-hydrogen) atoms. The molecule has 1 unspecified atom stereocenters. The zero-order valence-corrected chi connectivity index (χ0v) is 14.2. The number of carbonyl (C=O) groups excluding carboxylic acids is 1. The second kappa shape index (κ2) is 6.31. The van der Waals surface area contributed by atoms with E-state index in [1.807, 2.05) is 0 Å². The highest BCUT2D eigenvalue weighted by Gasteiger charge is 2.28. The van der Waals surface area contributed by atoms with Crippen LogP contribution in [-0.2, 0) is 11.2 Å². The van der Waals surface area contributed by atoms with Gasteiger partial charge in [-0.05, 0) is 48.9 Å². The van der Waals surface area contributed by atoms with Crippen molar-refractivity contribution in [3.63, 3.8) is 0 Å². The molecule has 6 nitrogen and oxygen atoms in total. The number of aromatic hydroxyl groups is 1. The molecule has 0 aliphatic rings. The first-order valence-corrected chi connectivity index (χ1v) is 7.92. The van der Waals surface area contributed by atoms with Gasteiger partial charge in [0.1, 0.15) is 28.1 Å². The predicted octanol–water partition coefficient (Wildman–Crippen LogP) is 2.83. The van der Waals surface area contributed by atoms with Crippen LogP contribution in [0.5, 0.6) is 5.75 Å². The molecule has 3 rings (SSSR count). The van der Waals surface area contributed by atoms with E-state index >= 15 is 0 Å². The molecule has 1 atom stereocenters. The molecule has 7 heteroatoms. The highest BCUT2D eigenvalue weighted by molar-refractivity contribution is 6.31. The Morgan fingerprint density at radius 2 is 2.00 bits per heavy atom. The second-order valence-electron chi connectivity index (χ2n) is 5.96. The molecule has 0 saturated carbocycles. The molecule has 0 saturated heterocycles. The van der Waals surface area contributed by atoms with E-state index in [1.165, 1.54) is 17.8 Å². The second-order valence-corrected chi connectivity index (χ2v) is 6.40. The molecule has 2 aromatic carbocycles. The Kier molecular flexibility index (Phi) is 4.32. The number of rotatable bonds is 5. The molecule has 2 N–H and O–H groups in total. The number of carbonyl (C=O) groups is 1. The summed E-state index contributed by atoms with van der Waals surface area (Å²) < 4.78 is 0. The molecule has 0 aliphatic carbocycles. The van der Waals surface area contributed by atoms with Crippen LogP contribution in [0.2, 0.25) is 5.02 Å². The van der Waals surface area contributed by atoms with E-state index in [4.69, 9.17) is 11.6 Å². The van der Waals surface area contributed by atoms with Crippen LogP contribution in [0.4, 0.5) is 0 Å². The number of hydrogen-bond acceptors (Lipinski definition) is 5. The van der Waals surface area contributed by atoms with Crippen molar-refractivity contribution >= 4 is 28.4 Å². The fraction of sp³-hybridized carbons (Fsp3) is 0.167. The van der Waals surface area contributed by atoms with Crippen molar-refractivity contribution in [1.29, 1.82) is 0 Å². The van der Waals surface area contributed by atoms with E-state index in [2.05, 4.69) is 16.8 Å². The van der Waals surface area contributed by atoms with Gasteiger partial charge in [-0.3, -0.25) is 4.79 Å². The summed E-state index contributed by atoms with van der Waals surface area (Å²) in [5.41, 5.74) is 0.624. The van der Waals surface area contributed by atoms with Crippen molar-refractivity contribution in [1.82, 2.24) is 15.0 Å². The minimum absolute atomic E-state index is 0.0233. The fourth-order valence-corrected chi connectivity index (χ4v) is 2.71. The average Bonchev–Trinajstić information content (AvgIpc) is 2.98. The normalized spacial score (nSPS) is 13.6. The number of fused-ring (bicyclic) bond motifs is 1. The van der Waals surface area contributed by atoms with Gasteiger partial charge in [0, 0.05) is 11.4 Å². The summed E-state index contributed by atoms with van der Waals surface area (Å²) in [6.07, 6.45) is 1.16. The van der Waals surface area contributed by atoms with E-state index in [-0.39, 0.29) is 12.2 Å². The van der Waals surface area contributed by atoms with Crippen molar-refractivity contribution in [3.05, 3.63) is 59.6 Å². The van der Waals surface area contributed by atoms with Gasteiger partial charge < -0.3 is 10.2 Å². The maximum Gasteiger partial charge on any atom is 0.186 e. The summed E-state index contributed by atoms with van der Waals surface area (Å²) in [5, 5.41) is 29.6. The number of phenolic OH excluding ortho intramolecular Hbond substituents is 1. The molecule has 3 aromatic rings.